The van der Waals surface area contributed by atoms with E-state index in [1.165, 1.54) is 0 Å². The van der Waals surface area contributed by atoms with Crippen molar-refractivity contribution in [1.82, 2.24) is 0 Å². The maximum Gasteiger partial charge on any atom is 0.253 e. The van der Waals surface area contributed by atoms with Crippen LogP contribution in [-0.4, -0.2) is 45.0 Å². The van der Waals surface area contributed by atoms with Crippen LogP contribution >= 0.6 is 12.4 Å². The van der Waals surface area contributed by atoms with Crippen molar-refractivity contribution < 1.29 is 19.0 Å². The number of hydrogen-bond donors (Lipinski definition) is 2. The molecule has 1 aliphatic heterocycles. The lowest BCUT2D eigenvalue weighted by Gasteiger charge is -2.13. The average molecular weight is 345 g/mol. The molecule has 0 unspecified atom stereocenters. The van der Waals surface area contributed by atoms with Crippen LogP contribution in [0.4, 0.5) is 5.69 Å². The summed E-state index contributed by atoms with van der Waals surface area (Å²) in [6.07, 6.45) is 1.94. The van der Waals surface area contributed by atoms with Gasteiger partial charge in [0, 0.05) is 38.4 Å². The fraction of sp³-hybridized carbons (Fsp3) is 0.562. The lowest BCUT2D eigenvalue weighted by atomic mass is 10.2. The Bertz CT molecular complexity index is 487. The Morgan fingerprint density at radius 3 is 2.91 bits per heavy atom. The van der Waals surface area contributed by atoms with Gasteiger partial charge in [-0.1, -0.05) is 6.07 Å². The third kappa shape index (κ3) is 6.35. The van der Waals surface area contributed by atoms with Gasteiger partial charge in [-0.25, -0.2) is 0 Å². The molecule has 3 N–H and O–H groups in total. The Balaban J connectivity index is 0.00000264. The maximum absolute atomic E-state index is 12.2. The number of halogens is 1. The zero-order chi connectivity index (χ0) is 15.8. The molecule has 0 aromatic heterocycles. The molecule has 1 fully saturated rings. The third-order valence-electron chi connectivity index (χ3n) is 3.53. The molecule has 1 aromatic carbocycles. The average Bonchev–Trinajstić information content (AvgIpc) is 3.01. The lowest BCUT2D eigenvalue weighted by Crippen LogP contribution is -2.29. The van der Waals surface area contributed by atoms with Crippen molar-refractivity contribution in [2.45, 2.75) is 31.5 Å². The molecule has 2 atom stereocenters. The first-order valence-corrected chi connectivity index (χ1v) is 7.61. The lowest BCUT2D eigenvalue weighted by molar-refractivity contribution is -0.126. The van der Waals surface area contributed by atoms with Crippen molar-refractivity contribution in [3.63, 3.8) is 0 Å². The molecule has 0 radical (unpaired) electrons. The summed E-state index contributed by atoms with van der Waals surface area (Å²) in [5, 5.41) is 2.86. The van der Waals surface area contributed by atoms with Crippen molar-refractivity contribution in [3.05, 3.63) is 24.3 Å². The highest BCUT2D eigenvalue weighted by Gasteiger charge is 2.29. The number of rotatable bonds is 8. The number of methoxy groups -OCH3 is 1. The normalized spacial score (nSPS) is 19.9. The summed E-state index contributed by atoms with van der Waals surface area (Å²) >= 11 is 0. The standard InChI is InChI=1S/C16H24N2O4.ClH/c1-20-8-3-9-21-13-5-2-4-12(10-13)18-16(19)15-7-6-14(11-17)22-15;/h2,4-5,10,14-15H,3,6-9,11,17H2,1H3,(H,18,19);1H/t14-,15+;/m1./s1. The zero-order valence-corrected chi connectivity index (χ0v) is 14.1. The predicted octanol–water partition coefficient (Wildman–Crippen LogP) is 1.97. The van der Waals surface area contributed by atoms with E-state index in [9.17, 15) is 4.79 Å². The van der Waals surface area contributed by atoms with Crippen molar-refractivity contribution in [1.29, 1.82) is 0 Å². The maximum atomic E-state index is 12.2. The van der Waals surface area contributed by atoms with E-state index in [0.717, 1.165) is 18.6 Å². The smallest absolute Gasteiger partial charge is 0.253 e. The zero-order valence-electron chi connectivity index (χ0n) is 13.3. The van der Waals surface area contributed by atoms with Crippen LogP contribution in [0.5, 0.6) is 5.75 Å². The van der Waals surface area contributed by atoms with Gasteiger partial charge in [-0.3, -0.25) is 4.79 Å². The predicted molar refractivity (Wildman–Crippen MR) is 91.3 cm³/mol. The van der Waals surface area contributed by atoms with Crippen LogP contribution in [0.2, 0.25) is 0 Å². The highest BCUT2D eigenvalue weighted by Crippen LogP contribution is 2.22. The molecule has 130 valence electrons. The second-order valence-corrected chi connectivity index (χ2v) is 5.27. The highest BCUT2D eigenvalue weighted by atomic mass is 35.5. The molecule has 23 heavy (non-hydrogen) atoms. The summed E-state index contributed by atoms with van der Waals surface area (Å²) in [5.74, 6) is 0.591. The first-order chi connectivity index (χ1) is 10.7. The molecule has 0 bridgehead atoms. The quantitative estimate of drug-likeness (QED) is 0.704. The molecular formula is C16H25ClN2O4. The number of nitrogens with two attached hydrogens (primary N) is 1. The molecule has 2 rings (SSSR count). The highest BCUT2D eigenvalue weighted by molar-refractivity contribution is 5.94. The molecule has 1 saturated heterocycles. The van der Waals surface area contributed by atoms with Gasteiger partial charge < -0.3 is 25.3 Å². The molecule has 1 aliphatic rings. The van der Waals surface area contributed by atoms with Gasteiger partial charge in [-0.05, 0) is 25.0 Å². The third-order valence-corrected chi connectivity index (χ3v) is 3.53. The summed E-state index contributed by atoms with van der Waals surface area (Å²) in [4.78, 5) is 12.2. The second kappa shape index (κ2) is 10.4. The Kier molecular flexibility index (Phi) is 8.94. The van der Waals surface area contributed by atoms with Crippen molar-refractivity contribution in [3.8, 4) is 5.75 Å². The minimum atomic E-state index is -0.417. The number of ether oxygens (including phenoxy) is 3. The van der Waals surface area contributed by atoms with Gasteiger partial charge in [0.25, 0.3) is 5.91 Å². The molecule has 0 saturated carbocycles. The van der Waals surface area contributed by atoms with Gasteiger partial charge in [0.2, 0.25) is 0 Å². The van der Waals surface area contributed by atoms with E-state index in [2.05, 4.69) is 5.32 Å². The van der Waals surface area contributed by atoms with E-state index in [1.54, 1.807) is 13.2 Å². The van der Waals surface area contributed by atoms with Crippen LogP contribution in [0.25, 0.3) is 0 Å². The molecule has 1 amide bonds. The van der Waals surface area contributed by atoms with Gasteiger partial charge in [-0.15, -0.1) is 12.4 Å². The Hall–Kier alpha value is -1.34. The molecule has 1 aromatic rings. The number of carbonyl (C=O) groups is 1. The van der Waals surface area contributed by atoms with Gasteiger partial charge in [0.15, 0.2) is 0 Å². The SMILES string of the molecule is COCCCOc1cccc(NC(=O)[C@@H]2CC[C@H](CN)O2)c1.Cl. The first-order valence-electron chi connectivity index (χ1n) is 7.61. The van der Waals surface area contributed by atoms with E-state index in [-0.39, 0.29) is 24.4 Å². The summed E-state index contributed by atoms with van der Waals surface area (Å²) < 4.78 is 16.2. The molecule has 1 heterocycles. The number of hydrogen-bond acceptors (Lipinski definition) is 5. The van der Waals surface area contributed by atoms with Crippen LogP contribution in [0.15, 0.2) is 24.3 Å². The summed E-state index contributed by atoms with van der Waals surface area (Å²) in [6.45, 7) is 1.70. The number of amides is 1. The van der Waals surface area contributed by atoms with Crippen LogP contribution in [0.3, 0.4) is 0 Å². The fourth-order valence-corrected chi connectivity index (χ4v) is 2.35. The van der Waals surface area contributed by atoms with Crippen molar-refractivity contribution >= 4 is 24.0 Å². The monoisotopic (exact) mass is 344 g/mol. The molecular weight excluding hydrogens is 320 g/mol. The number of anilines is 1. The van der Waals surface area contributed by atoms with Crippen LogP contribution in [-0.2, 0) is 14.3 Å². The van der Waals surface area contributed by atoms with E-state index in [4.69, 9.17) is 19.9 Å². The Labute approximate surface area is 143 Å². The minimum absolute atomic E-state index is 0. The largest absolute Gasteiger partial charge is 0.493 e. The Morgan fingerprint density at radius 2 is 2.22 bits per heavy atom. The van der Waals surface area contributed by atoms with Gasteiger partial charge in [0.1, 0.15) is 11.9 Å². The summed E-state index contributed by atoms with van der Waals surface area (Å²) in [5.41, 5.74) is 6.26. The van der Waals surface area contributed by atoms with Crippen LogP contribution in [0.1, 0.15) is 19.3 Å². The Morgan fingerprint density at radius 1 is 1.39 bits per heavy atom. The van der Waals surface area contributed by atoms with Crippen molar-refractivity contribution in [2.24, 2.45) is 5.73 Å². The van der Waals surface area contributed by atoms with Crippen LogP contribution < -0.4 is 15.8 Å². The van der Waals surface area contributed by atoms with E-state index >= 15 is 0 Å². The molecule has 6 nitrogen and oxygen atoms in total. The van der Waals surface area contributed by atoms with E-state index in [1.807, 2.05) is 18.2 Å². The topological polar surface area (TPSA) is 82.8 Å². The first kappa shape index (κ1) is 19.7. The minimum Gasteiger partial charge on any atom is -0.493 e. The second-order valence-electron chi connectivity index (χ2n) is 5.27. The molecule has 0 spiro atoms. The summed E-state index contributed by atoms with van der Waals surface area (Å²) in [7, 11) is 1.66. The molecule has 0 aliphatic carbocycles. The van der Waals surface area contributed by atoms with Crippen LogP contribution in [0, 0.1) is 0 Å². The summed E-state index contributed by atoms with van der Waals surface area (Å²) in [6, 6.07) is 7.34. The number of carbonyl (C=O) groups excluding carboxylic acids is 1. The van der Waals surface area contributed by atoms with Gasteiger partial charge in [0.05, 0.1) is 12.7 Å². The van der Waals surface area contributed by atoms with Gasteiger partial charge in [-0.2, -0.15) is 0 Å². The number of benzene rings is 1. The fourth-order valence-electron chi connectivity index (χ4n) is 2.35. The van der Waals surface area contributed by atoms with Gasteiger partial charge >= 0.3 is 0 Å². The van der Waals surface area contributed by atoms with Crippen molar-refractivity contribution in [2.75, 3.05) is 32.2 Å². The van der Waals surface area contributed by atoms with E-state index < -0.39 is 6.10 Å². The number of nitrogens with one attached hydrogen (secondary N) is 1. The van der Waals surface area contributed by atoms with E-state index in [0.29, 0.717) is 31.9 Å². The molecule has 7 heteroatoms.